The van der Waals surface area contributed by atoms with Crippen LogP contribution in [0.5, 0.6) is 5.75 Å². The van der Waals surface area contributed by atoms with E-state index < -0.39 is 6.10 Å². The first-order chi connectivity index (χ1) is 10.9. The summed E-state index contributed by atoms with van der Waals surface area (Å²) in [5, 5.41) is 10.3. The summed E-state index contributed by atoms with van der Waals surface area (Å²) < 4.78 is 5.86. The Morgan fingerprint density at radius 3 is 2.39 bits per heavy atom. The van der Waals surface area contributed by atoms with Gasteiger partial charge in [0.25, 0.3) is 0 Å². The molecule has 0 bridgehead atoms. The second-order valence-electron chi connectivity index (χ2n) is 6.96. The Balaban J connectivity index is 2.84. The quantitative estimate of drug-likeness (QED) is 0.663. The Morgan fingerprint density at radius 2 is 1.83 bits per heavy atom. The standard InChI is InChI=1S/C20H35NO2/c1-6-8-18(21)19(22)12-15(5)16-9-10-20(23-11-7-2)17(13-16)14(3)4/h9-10,13-15,18-19,22H,6-8,11-12,21H2,1-5H3. The van der Waals surface area contributed by atoms with E-state index in [-0.39, 0.29) is 12.0 Å². The molecule has 1 aromatic carbocycles. The van der Waals surface area contributed by atoms with Gasteiger partial charge in [-0.3, -0.25) is 0 Å². The predicted molar refractivity (Wildman–Crippen MR) is 98.2 cm³/mol. The van der Waals surface area contributed by atoms with E-state index in [0.29, 0.717) is 12.3 Å². The van der Waals surface area contributed by atoms with Crippen molar-refractivity contribution in [3.8, 4) is 5.75 Å². The van der Waals surface area contributed by atoms with Gasteiger partial charge in [-0.1, -0.05) is 53.2 Å². The molecule has 0 aliphatic carbocycles. The van der Waals surface area contributed by atoms with Crippen molar-refractivity contribution in [1.29, 1.82) is 0 Å². The molecule has 0 saturated carbocycles. The van der Waals surface area contributed by atoms with Gasteiger partial charge >= 0.3 is 0 Å². The van der Waals surface area contributed by atoms with Gasteiger partial charge in [0.05, 0.1) is 12.7 Å². The van der Waals surface area contributed by atoms with Gasteiger partial charge in [0.2, 0.25) is 0 Å². The van der Waals surface area contributed by atoms with E-state index in [4.69, 9.17) is 10.5 Å². The number of benzene rings is 1. The number of nitrogens with two attached hydrogens (primary N) is 1. The van der Waals surface area contributed by atoms with Gasteiger partial charge in [-0.05, 0) is 48.3 Å². The van der Waals surface area contributed by atoms with Crippen LogP contribution in [0.3, 0.4) is 0 Å². The summed E-state index contributed by atoms with van der Waals surface area (Å²) in [4.78, 5) is 0. The third-order valence-corrected chi connectivity index (χ3v) is 4.40. The first-order valence-corrected chi connectivity index (χ1v) is 9.10. The van der Waals surface area contributed by atoms with Crippen molar-refractivity contribution in [3.05, 3.63) is 29.3 Å². The Kier molecular flexibility index (Phi) is 8.64. The van der Waals surface area contributed by atoms with Gasteiger partial charge in [0, 0.05) is 6.04 Å². The number of aliphatic hydroxyl groups is 1. The Bertz CT molecular complexity index is 459. The number of aliphatic hydroxyl groups excluding tert-OH is 1. The number of ether oxygens (including phenoxy) is 1. The van der Waals surface area contributed by atoms with Gasteiger partial charge in [0.15, 0.2) is 0 Å². The molecule has 23 heavy (non-hydrogen) atoms. The molecule has 0 aliphatic rings. The zero-order valence-electron chi connectivity index (χ0n) is 15.5. The number of hydrogen-bond acceptors (Lipinski definition) is 3. The molecule has 0 amide bonds. The largest absolute Gasteiger partial charge is 0.493 e. The summed E-state index contributed by atoms with van der Waals surface area (Å²) in [5.41, 5.74) is 8.54. The van der Waals surface area contributed by atoms with Crippen LogP contribution in [0.1, 0.15) is 83.3 Å². The molecule has 0 radical (unpaired) electrons. The zero-order valence-corrected chi connectivity index (χ0v) is 15.5. The Labute approximate surface area is 142 Å². The summed E-state index contributed by atoms with van der Waals surface area (Å²) in [6.07, 6.45) is 3.15. The summed E-state index contributed by atoms with van der Waals surface area (Å²) in [5.74, 6) is 1.69. The maximum atomic E-state index is 10.3. The second-order valence-corrected chi connectivity index (χ2v) is 6.96. The minimum Gasteiger partial charge on any atom is -0.493 e. The summed E-state index contributed by atoms with van der Waals surface area (Å²) >= 11 is 0. The summed E-state index contributed by atoms with van der Waals surface area (Å²) in [6, 6.07) is 6.31. The third-order valence-electron chi connectivity index (χ3n) is 4.40. The van der Waals surface area contributed by atoms with Crippen LogP contribution in [0.15, 0.2) is 18.2 Å². The smallest absolute Gasteiger partial charge is 0.122 e. The van der Waals surface area contributed by atoms with E-state index in [1.54, 1.807) is 0 Å². The summed E-state index contributed by atoms with van der Waals surface area (Å²) in [7, 11) is 0. The summed E-state index contributed by atoms with van der Waals surface area (Å²) in [6.45, 7) is 11.5. The highest BCUT2D eigenvalue weighted by atomic mass is 16.5. The zero-order chi connectivity index (χ0) is 17.4. The highest BCUT2D eigenvalue weighted by Crippen LogP contribution is 2.32. The normalized spacial score (nSPS) is 15.5. The molecule has 0 heterocycles. The molecule has 0 saturated heterocycles. The minimum atomic E-state index is -0.441. The topological polar surface area (TPSA) is 55.5 Å². The highest BCUT2D eigenvalue weighted by Gasteiger charge is 2.19. The lowest BCUT2D eigenvalue weighted by molar-refractivity contribution is 0.124. The van der Waals surface area contributed by atoms with Crippen LogP contribution in [-0.4, -0.2) is 23.9 Å². The third kappa shape index (κ3) is 6.15. The van der Waals surface area contributed by atoms with Gasteiger partial charge in [-0.2, -0.15) is 0 Å². The molecule has 3 unspecified atom stereocenters. The van der Waals surface area contributed by atoms with E-state index in [2.05, 4.69) is 52.8 Å². The highest BCUT2D eigenvalue weighted by molar-refractivity contribution is 5.40. The fourth-order valence-corrected chi connectivity index (χ4v) is 2.87. The van der Waals surface area contributed by atoms with Crippen molar-refractivity contribution in [1.82, 2.24) is 0 Å². The minimum absolute atomic E-state index is 0.126. The average molecular weight is 322 g/mol. The lowest BCUT2D eigenvalue weighted by Gasteiger charge is -2.23. The van der Waals surface area contributed by atoms with E-state index in [1.165, 1.54) is 11.1 Å². The molecule has 0 aromatic heterocycles. The van der Waals surface area contributed by atoms with E-state index in [9.17, 15) is 5.11 Å². The first-order valence-electron chi connectivity index (χ1n) is 9.10. The molecule has 0 fully saturated rings. The molecule has 1 aromatic rings. The first kappa shape index (κ1) is 20.0. The average Bonchev–Trinajstić information content (AvgIpc) is 2.52. The Hall–Kier alpha value is -1.06. The molecule has 132 valence electrons. The van der Waals surface area contributed by atoms with Crippen LogP contribution in [-0.2, 0) is 0 Å². The number of rotatable bonds is 10. The van der Waals surface area contributed by atoms with Gasteiger partial charge in [-0.15, -0.1) is 0 Å². The van der Waals surface area contributed by atoms with Crippen LogP contribution in [0, 0.1) is 0 Å². The lowest BCUT2D eigenvalue weighted by Crippen LogP contribution is -2.35. The molecular weight excluding hydrogens is 286 g/mol. The van der Waals surface area contributed by atoms with Crippen molar-refractivity contribution < 1.29 is 9.84 Å². The predicted octanol–water partition coefficient (Wildman–Crippen LogP) is 4.58. The fourth-order valence-electron chi connectivity index (χ4n) is 2.87. The van der Waals surface area contributed by atoms with Crippen molar-refractivity contribution in [2.24, 2.45) is 5.73 Å². The fraction of sp³-hybridized carbons (Fsp3) is 0.700. The van der Waals surface area contributed by atoms with Crippen LogP contribution < -0.4 is 10.5 Å². The molecule has 0 spiro atoms. The van der Waals surface area contributed by atoms with Crippen LogP contribution in [0.25, 0.3) is 0 Å². The molecule has 3 atom stereocenters. The van der Waals surface area contributed by atoms with Gasteiger partial charge < -0.3 is 15.6 Å². The molecule has 0 aliphatic heterocycles. The molecule has 3 N–H and O–H groups in total. The molecule has 1 rings (SSSR count). The van der Waals surface area contributed by atoms with E-state index >= 15 is 0 Å². The van der Waals surface area contributed by atoms with Crippen LogP contribution in [0.2, 0.25) is 0 Å². The van der Waals surface area contributed by atoms with Crippen molar-refractivity contribution >= 4 is 0 Å². The monoisotopic (exact) mass is 321 g/mol. The van der Waals surface area contributed by atoms with Crippen LogP contribution in [0.4, 0.5) is 0 Å². The Morgan fingerprint density at radius 1 is 1.13 bits per heavy atom. The molecule has 3 nitrogen and oxygen atoms in total. The van der Waals surface area contributed by atoms with Gasteiger partial charge in [0.1, 0.15) is 5.75 Å². The van der Waals surface area contributed by atoms with Crippen molar-refractivity contribution in [2.45, 2.75) is 84.3 Å². The number of hydrogen-bond donors (Lipinski definition) is 2. The van der Waals surface area contributed by atoms with Crippen LogP contribution >= 0.6 is 0 Å². The maximum absolute atomic E-state index is 10.3. The molecular formula is C20H35NO2. The van der Waals surface area contributed by atoms with Crippen molar-refractivity contribution in [2.75, 3.05) is 6.61 Å². The SMILES string of the molecule is CCCOc1ccc(C(C)CC(O)C(N)CCC)cc1C(C)C. The molecule has 3 heteroatoms. The maximum Gasteiger partial charge on any atom is 0.122 e. The second kappa shape index (κ2) is 9.94. The van der Waals surface area contributed by atoms with E-state index in [0.717, 1.165) is 31.6 Å². The van der Waals surface area contributed by atoms with E-state index in [1.807, 2.05) is 0 Å². The lowest BCUT2D eigenvalue weighted by atomic mass is 9.89. The van der Waals surface area contributed by atoms with Gasteiger partial charge in [-0.25, -0.2) is 0 Å². The van der Waals surface area contributed by atoms with Crippen molar-refractivity contribution in [3.63, 3.8) is 0 Å².